The van der Waals surface area contributed by atoms with Gasteiger partial charge in [0.25, 0.3) is 5.91 Å². The zero-order valence-electron chi connectivity index (χ0n) is 10.8. The Morgan fingerprint density at radius 2 is 2.00 bits per heavy atom. The number of nitrogen functional groups attached to an aromatic ring is 1. The molecule has 4 nitrogen and oxygen atoms in total. The third-order valence-corrected chi connectivity index (χ3v) is 3.38. The van der Waals surface area contributed by atoms with Crippen molar-refractivity contribution >= 4 is 11.6 Å². The molecule has 2 N–H and O–H groups in total. The molecular weight excluding hydrogens is 238 g/mol. The molecule has 2 aromatic rings. The van der Waals surface area contributed by atoms with Crippen molar-refractivity contribution in [2.75, 3.05) is 5.73 Å². The Labute approximate surface area is 111 Å². The van der Waals surface area contributed by atoms with E-state index in [1.165, 1.54) is 5.56 Å². The molecule has 1 aliphatic heterocycles. The maximum atomic E-state index is 12.4. The van der Waals surface area contributed by atoms with Crippen LogP contribution in [0.3, 0.4) is 0 Å². The number of carbonyl (C=O) groups is 1. The predicted molar refractivity (Wildman–Crippen MR) is 73.4 cm³/mol. The number of nitrogens with two attached hydrogens (primary N) is 1. The van der Waals surface area contributed by atoms with Gasteiger partial charge in [0.1, 0.15) is 0 Å². The summed E-state index contributed by atoms with van der Waals surface area (Å²) in [6.45, 7) is 3.16. The Hall–Kier alpha value is -2.36. The predicted octanol–water partition coefficient (Wildman–Crippen LogP) is 2.13. The monoisotopic (exact) mass is 253 g/mol. The van der Waals surface area contributed by atoms with E-state index < -0.39 is 0 Å². The molecule has 19 heavy (non-hydrogen) atoms. The number of rotatable bonds is 1. The van der Waals surface area contributed by atoms with E-state index >= 15 is 0 Å². The molecule has 0 fully saturated rings. The van der Waals surface area contributed by atoms with Crippen molar-refractivity contribution in [1.82, 2.24) is 9.88 Å². The smallest absolute Gasteiger partial charge is 0.254 e. The first-order valence-corrected chi connectivity index (χ1v) is 6.23. The Bertz CT molecular complexity index is 652. The number of aryl methyl sites for hydroxylation is 1. The molecule has 0 radical (unpaired) electrons. The number of hydrogen-bond acceptors (Lipinski definition) is 3. The average Bonchev–Trinajstić information content (AvgIpc) is 2.80. The van der Waals surface area contributed by atoms with Gasteiger partial charge in [-0.15, -0.1) is 0 Å². The van der Waals surface area contributed by atoms with Gasteiger partial charge in [-0.1, -0.05) is 6.07 Å². The lowest BCUT2D eigenvalue weighted by Crippen LogP contribution is -2.25. The van der Waals surface area contributed by atoms with Crippen molar-refractivity contribution in [2.24, 2.45) is 0 Å². The van der Waals surface area contributed by atoms with Gasteiger partial charge in [0.2, 0.25) is 0 Å². The Kier molecular flexibility index (Phi) is 2.71. The van der Waals surface area contributed by atoms with Gasteiger partial charge in [0.05, 0.1) is 0 Å². The topological polar surface area (TPSA) is 59.2 Å². The van der Waals surface area contributed by atoms with E-state index in [0.717, 1.165) is 16.9 Å². The van der Waals surface area contributed by atoms with Crippen LogP contribution in [0.1, 0.15) is 27.2 Å². The molecule has 0 bridgehead atoms. The highest BCUT2D eigenvalue weighted by atomic mass is 16.2. The van der Waals surface area contributed by atoms with E-state index in [2.05, 4.69) is 4.98 Å². The van der Waals surface area contributed by atoms with Crippen molar-refractivity contribution in [3.63, 3.8) is 0 Å². The molecule has 1 aromatic heterocycles. The molecule has 96 valence electrons. The summed E-state index contributed by atoms with van der Waals surface area (Å²) in [5, 5.41) is 0. The minimum absolute atomic E-state index is 0.0419. The highest BCUT2D eigenvalue weighted by molar-refractivity contribution is 5.94. The van der Waals surface area contributed by atoms with E-state index in [0.29, 0.717) is 18.7 Å². The van der Waals surface area contributed by atoms with Gasteiger partial charge in [0, 0.05) is 36.2 Å². The first kappa shape index (κ1) is 11.7. The normalized spacial score (nSPS) is 13.4. The molecule has 0 aliphatic carbocycles. The fourth-order valence-electron chi connectivity index (χ4n) is 2.42. The van der Waals surface area contributed by atoms with Crippen LogP contribution in [0.2, 0.25) is 0 Å². The molecule has 3 rings (SSSR count). The molecule has 2 heterocycles. The summed E-state index contributed by atoms with van der Waals surface area (Å²) in [6, 6.07) is 9.39. The van der Waals surface area contributed by atoms with E-state index in [-0.39, 0.29) is 5.91 Å². The minimum Gasteiger partial charge on any atom is -0.399 e. The zero-order valence-corrected chi connectivity index (χ0v) is 10.8. The summed E-state index contributed by atoms with van der Waals surface area (Å²) in [5.74, 6) is 0.0419. The first-order valence-electron chi connectivity index (χ1n) is 6.23. The van der Waals surface area contributed by atoms with Gasteiger partial charge in [-0.05, 0) is 42.3 Å². The van der Waals surface area contributed by atoms with Crippen molar-refractivity contribution in [3.05, 3.63) is 58.9 Å². The number of nitrogens with zero attached hydrogens (tertiary/aromatic N) is 2. The van der Waals surface area contributed by atoms with Crippen LogP contribution in [0, 0.1) is 6.92 Å². The number of benzene rings is 1. The van der Waals surface area contributed by atoms with Crippen LogP contribution in [0.25, 0.3) is 0 Å². The fraction of sp³-hybridized carbons (Fsp3) is 0.200. The third-order valence-electron chi connectivity index (χ3n) is 3.38. The second-order valence-corrected chi connectivity index (χ2v) is 4.88. The van der Waals surface area contributed by atoms with Crippen LogP contribution in [0.5, 0.6) is 0 Å². The van der Waals surface area contributed by atoms with Crippen molar-refractivity contribution < 1.29 is 4.79 Å². The van der Waals surface area contributed by atoms with Gasteiger partial charge < -0.3 is 10.6 Å². The molecule has 1 aliphatic rings. The largest absolute Gasteiger partial charge is 0.399 e. The van der Waals surface area contributed by atoms with E-state index in [4.69, 9.17) is 5.73 Å². The number of pyridine rings is 1. The second kappa shape index (κ2) is 4.39. The molecule has 0 unspecified atom stereocenters. The molecule has 0 saturated heterocycles. The quantitative estimate of drug-likeness (QED) is 0.792. The number of fused-ring (bicyclic) bond motifs is 1. The average molecular weight is 253 g/mol. The number of anilines is 1. The van der Waals surface area contributed by atoms with Crippen LogP contribution in [0.4, 0.5) is 5.69 Å². The van der Waals surface area contributed by atoms with Gasteiger partial charge in [0.15, 0.2) is 0 Å². The van der Waals surface area contributed by atoms with Crippen LogP contribution >= 0.6 is 0 Å². The van der Waals surface area contributed by atoms with Crippen LogP contribution in [0.15, 0.2) is 36.5 Å². The molecule has 0 spiro atoms. The molecule has 1 amide bonds. The summed E-state index contributed by atoms with van der Waals surface area (Å²) in [4.78, 5) is 18.4. The Morgan fingerprint density at radius 3 is 2.79 bits per heavy atom. The van der Waals surface area contributed by atoms with Gasteiger partial charge in [-0.25, -0.2) is 0 Å². The molecule has 0 atom stereocenters. The third kappa shape index (κ3) is 2.17. The molecule has 0 saturated carbocycles. The minimum atomic E-state index is 0.0419. The summed E-state index contributed by atoms with van der Waals surface area (Å²) < 4.78 is 0. The molecule has 4 heteroatoms. The molecular formula is C15H15N3O. The zero-order chi connectivity index (χ0) is 13.4. The highest BCUT2D eigenvalue weighted by Gasteiger charge is 2.24. The van der Waals surface area contributed by atoms with Gasteiger partial charge in [-0.2, -0.15) is 0 Å². The Balaban J connectivity index is 1.85. The van der Waals surface area contributed by atoms with Crippen LogP contribution in [-0.2, 0) is 13.1 Å². The van der Waals surface area contributed by atoms with Crippen molar-refractivity contribution in [2.45, 2.75) is 20.0 Å². The van der Waals surface area contributed by atoms with E-state index in [9.17, 15) is 4.79 Å². The standard InChI is InChI=1S/C15H15N3O/c1-10-6-11(4-5-17-10)15(19)18-8-12-2-3-14(16)7-13(12)9-18/h2-7H,8-9,16H2,1H3. The van der Waals surface area contributed by atoms with Crippen molar-refractivity contribution in [3.8, 4) is 0 Å². The van der Waals surface area contributed by atoms with E-state index in [1.54, 1.807) is 12.3 Å². The highest BCUT2D eigenvalue weighted by Crippen LogP contribution is 2.26. The number of amides is 1. The number of aromatic nitrogens is 1. The number of hydrogen-bond donors (Lipinski definition) is 1. The second-order valence-electron chi connectivity index (χ2n) is 4.88. The SMILES string of the molecule is Cc1cc(C(=O)N2Cc3ccc(N)cc3C2)ccn1. The van der Waals surface area contributed by atoms with Gasteiger partial charge >= 0.3 is 0 Å². The lowest BCUT2D eigenvalue weighted by atomic mass is 10.1. The fourth-order valence-corrected chi connectivity index (χ4v) is 2.42. The lowest BCUT2D eigenvalue weighted by Gasteiger charge is -2.15. The lowest BCUT2D eigenvalue weighted by molar-refractivity contribution is 0.0751. The Morgan fingerprint density at radius 1 is 1.21 bits per heavy atom. The summed E-state index contributed by atoms with van der Waals surface area (Å²) in [6.07, 6.45) is 1.67. The molecule has 1 aromatic carbocycles. The summed E-state index contributed by atoms with van der Waals surface area (Å²) >= 11 is 0. The van der Waals surface area contributed by atoms with Crippen LogP contribution < -0.4 is 5.73 Å². The maximum Gasteiger partial charge on any atom is 0.254 e. The van der Waals surface area contributed by atoms with Crippen LogP contribution in [-0.4, -0.2) is 15.8 Å². The number of carbonyl (C=O) groups excluding carboxylic acids is 1. The summed E-state index contributed by atoms with van der Waals surface area (Å²) in [7, 11) is 0. The van der Waals surface area contributed by atoms with E-state index in [1.807, 2.05) is 36.1 Å². The van der Waals surface area contributed by atoms with Gasteiger partial charge in [-0.3, -0.25) is 9.78 Å². The summed E-state index contributed by atoms with van der Waals surface area (Å²) in [5.41, 5.74) is 10.4. The first-order chi connectivity index (χ1) is 9.13. The maximum absolute atomic E-state index is 12.4. The van der Waals surface area contributed by atoms with Crippen molar-refractivity contribution in [1.29, 1.82) is 0 Å².